The summed E-state index contributed by atoms with van der Waals surface area (Å²) in [6.07, 6.45) is 4.35. The molecule has 3 aromatic rings. The molecule has 156 valence electrons. The molecule has 4 rings (SSSR count). The van der Waals surface area contributed by atoms with Crippen molar-refractivity contribution in [3.63, 3.8) is 0 Å². The molecule has 7 heteroatoms. The number of carbonyl (C=O) groups is 1. The van der Waals surface area contributed by atoms with E-state index in [1.165, 1.54) is 5.56 Å². The van der Waals surface area contributed by atoms with E-state index in [0.29, 0.717) is 11.7 Å². The Morgan fingerprint density at radius 1 is 1.20 bits per heavy atom. The van der Waals surface area contributed by atoms with E-state index in [1.54, 1.807) is 6.20 Å². The number of benzene rings is 1. The maximum absolute atomic E-state index is 12.3. The van der Waals surface area contributed by atoms with Gasteiger partial charge in [0.2, 0.25) is 11.7 Å². The zero-order valence-electron chi connectivity index (χ0n) is 17.5. The first kappa shape index (κ1) is 20.1. The molecule has 3 heterocycles. The number of hydrogen-bond acceptors (Lipinski definition) is 6. The van der Waals surface area contributed by atoms with E-state index in [1.807, 2.05) is 43.3 Å². The molecule has 0 radical (unpaired) electrons. The molecule has 1 aliphatic heterocycles. The fourth-order valence-corrected chi connectivity index (χ4v) is 3.71. The van der Waals surface area contributed by atoms with E-state index >= 15 is 0 Å². The molecule has 0 spiro atoms. The standard InChI is InChI=1S/C23H27N5O2/c1-3-12-25-22(29)18-10-14-28(15-11-18)21-19(5-4-13-24-21)23-26-20(27-30-23)17-8-6-16(2)7-9-17/h4-9,13,18H,3,10-12,14-15H2,1-2H3,(H,25,29). The van der Waals surface area contributed by atoms with E-state index in [2.05, 4.69) is 32.3 Å². The maximum atomic E-state index is 12.3. The fourth-order valence-electron chi connectivity index (χ4n) is 3.71. The third-order valence-corrected chi connectivity index (χ3v) is 5.47. The highest BCUT2D eigenvalue weighted by molar-refractivity contribution is 5.79. The second kappa shape index (κ2) is 9.07. The number of hydrogen-bond donors (Lipinski definition) is 1. The first-order valence-electron chi connectivity index (χ1n) is 10.5. The van der Waals surface area contributed by atoms with Crippen LogP contribution in [0.1, 0.15) is 31.7 Å². The lowest BCUT2D eigenvalue weighted by molar-refractivity contribution is -0.125. The highest BCUT2D eigenvalue weighted by atomic mass is 16.5. The van der Waals surface area contributed by atoms with Gasteiger partial charge in [-0.05, 0) is 38.3 Å². The van der Waals surface area contributed by atoms with E-state index in [4.69, 9.17) is 4.52 Å². The minimum Gasteiger partial charge on any atom is -0.356 e. The average Bonchev–Trinajstić information content (AvgIpc) is 3.28. The molecule has 0 aliphatic carbocycles. The van der Waals surface area contributed by atoms with Gasteiger partial charge in [0.15, 0.2) is 0 Å². The normalized spacial score (nSPS) is 14.7. The maximum Gasteiger partial charge on any atom is 0.261 e. The SMILES string of the molecule is CCCNC(=O)C1CCN(c2ncccc2-c2nc(-c3ccc(C)cc3)no2)CC1. The lowest BCUT2D eigenvalue weighted by Gasteiger charge is -2.32. The third kappa shape index (κ3) is 4.35. The van der Waals surface area contributed by atoms with Gasteiger partial charge in [-0.1, -0.05) is 41.9 Å². The van der Waals surface area contributed by atoms with Gasteiger partial charge in [-0.3, -0.25) is 4.79 Å². The van der Waals surface area contributed by atoms with Crippen molar-refractivity contribution in [2.75, 3.05) is 24.5 Å². The van der Waals surface area contributed by atoms with Gasteiger partial charge in [0.05, 0.1) is 5.56 Å². The van der Waals surface area contributed by atoms with Crippen LogP contribution in [0.15, 0.2) is 47.1 Å². The summed E-state index contributed by atoms with van der Waals surface area (Å²) in [5.74, 6) is 2.07. The van der Waals surface area contributed by atoms with Crippen molar-refractivity contribution >= 4 is 11.7 Å². The second-order valence-electron chi connectivity index (χ2n) is 7.72. The third-order valence-electron chi connectivity index (χ3n) is 5.47. The lowest BCUT2D eigenvalue weighted by Crippen LogP contribution is -2.41. The molecule has 1 amide bonds. The van der Waals surface area contributed by atoms with Crippen molar-refractivity contribution in [1.82, 2.24) is 20.4 Å². The second-order valence-corrected chi connectivity index (χ2v) is 7.72. The fraction of sp³-hybridized carbons (Fsp3) is 0.391. The van der Waals surface area contributed by atoms with E-state index in [-0.39, 0.29) is 11.8 Å². The van der Waals surface area contributed by atoms with E-state index in [0.717, 1.165) is 55.8 Å². The summed E-state index contributed by atoms with van der Waals surface area (Å²) >= 11 is 0. The van der Waals surface area contributed by atoms with Gasteiger partial charge in [0, 0.05) is 37.3 Å². The molecular formula is C23H27N5O2. The first-order valence-corrected chi connectivity index (χ1v) is 10.5. The molecule has 1 fully saturated rings. The highest BCUT2D eigenvalue weighted by Gasteiger charge is 2.27. The van der Waals surface area contributed by atoms with Crippen LogP contribution < -0.4 is 10.2 Å². The van der Waals surface area contributed by atoms with Crippen molar-refractivity contribution in [2.24, 2.45) is 5.92 Å². The molecule has 2 aromatic heterocycles. The Labute approximate surface area is 176 Å². The van der Waals surface area contributed by atoms with E-state index in [9.17, 15) is 4.79 Å². The minimum atomic E-state index is 0.0662. The van der Waals surface area contributed by atoms with Gasteiger partial charge in [-0.25, -0.2) is 4.98 Å². The summed E-state index contributed by atoms with van der Waals surface area (Å²) in [4.78, 5) is 23.7. The van der Waals surface area contributed by atoms with Crippen molar-refractivity contribution in [1.29, 1.82) is 0 Å². The molecule has 0 bridgehead atoms. The summed E-state index contributed by atoms with van der Waals surface area (Å²) < 4.78 is 5.58. The van der Waals surface area contributed by atoms with Crippen LogP contribution in [0, 0.1) is 12.8 Å². The number of nitrogens with zero attached hydrogens (tertiary/aromatic N) is 4. The number of rotatable bonds is 6. The summed E-state index contributed by atoms with van der Waals surface area (Å²) in [6.45, 7) is 6.39. The van der Waals surface area contributed by atoms with Crippen molar-refractivity contribution < 1.29 is 9.32 Å². The van der Waals surface area contributed by atoms with Gasteiger partial charge >= 0.3 is 0 Å². The molecule has 30 heavy (non-hydrogen) atoms. The van der Waals surface area contributed by atoms with Crippen LogP contribution in [-0.2, 0) is 4.79 Å². The zero-order valence-corrected chi connectivity index (χ0v) is 17.5. The van der Waals surface area contributed by atoms with Gasteiger partial charge in [0.25, 0.3) is 5.89 Å². The number of aromatic nitrogens is 3. The monoisotopic (exact) mass is 405 g/mol. The zero-order chi connectivity index (χ0) is 20.9. The molecule has 0 saturated carbocycles. The molecule has 7 nitrogen and oxygen atoms in total. The Balaban J connectivity index is 1.50. The van der Waals surface area contributed by atoms with Crippen LogP contribution in [0.25, 0.3) is 22.8 Å². The van der Waals surface area contributed by atoms with Crippen LogP contribution in [0.4, 0.5) is 5.82 Å². The molecule has 1 saturated heterocycles. The van der Waals surface area contributed by atoms with Crippen LogP contribution in [0.5, 0.6) is 0 Å². The Morgan fingerprint density at radius 2 is 1.97 bits per heavy atom. The lowest BCUT2D eigenvalue weighted by atomic mass is 9.95. The quantitative estimate of drug-likeness (QED) is 0.671. The summed E-state index contributed by atoms with van der Waals surface area (Å²) in [5, 5.41) is 7.17. The number of piperidine rings is 1. The van der Waals surface area contributed by atoms with Crippen molar-refractivity contribution in [3.8, 4) is 22.8 Å². The first-order chi connectivity index (χ1) is 14.7. The topological polar surface area (TPSA) is 84.2 Å². The average molecular weight is 406 g/mol. The van der Waals surface area contributed by atoms with Crippen LogP contribution >= 0.6 is 0 Å². The smallest absolute Gasteiger partial charge is 0.261 e. The van der Waals surface area contributed by atoms with Crippen molar-refractivity contribution in [2.45, 2.75) is 33.1 Å². The Kier molecular flexibility index (Phi) is 6.07. The minimum absolute atomic E-state index is 0.0662. The van der Waals surface area contributed by atoms with Gasteiger partial charge in [-0.2, -0.15) is 4.98 Å². The summed E-state index contributed by atoms with van der Waals surface area (Å²) in [5.41, 5.74) is 2.92. The summed E-state index contributed by atoms with van der Waals surface area (Å²) in [7, 11) is 0. The molecular weight excluding hydrogens is 378 g/mol. The van der Waals surface area contributed by atoms with Gasteiger partial charge in [0.1, 0.15) is 5.82 Å². The Hall–Kier alpha value is -3.22. The number of amides is 1. The van der Waals surface area contributed by atoms with Crippen LogP contribution in [0.2, 0.25) is 0 Å². The highest BCUT2D eigenvalue weighted by Crippen LogP contribution is 2.31. The Morgan fingerprint density at radius 3 is 2.70 bits per heavy atom. The van der Waals surface area contributed by atoms with Crippen LogP contribution in [0.3, 0.4) is 0 Å². The predicted molar refractivity (Wildman–Crippen MR) is 116 cm³/mol. The molecule has 1 aromatic carbocycles. The Bertz CT molecular complexity index is 991. The molecule has 0 atom stereocenters. The molecule has 1 aliphatic rings. The summed E-state index contributed by atoms with van der Waals surface area (Å²) in [6, 6.07) is 11.9. The van der Waals surface area contributed by atoms with Crippen molar-refractivity contribution in [3.05, 3.63) is 48.2 Å². The number of nitrogens with one attached hydrogen (secondary N) is 1. The number of anilines is 1. The van der Waals surface area contributed by atoms with Gasteiger partial charge in [-0.15, -0.1) is 0 Å². The van der Waals surface area contributed by atoms with E-state index < -0.39 is 0 Å². The molecule has 0 unspecified atom stereocenters. The number of pyridine rings is 1. The predicted octanol–water partition coefficient (Wildman–Crippen LogP) is 3.85. The number of carbonyl (C=O) groups excluding carboxylic acids is 1. The number of aryl methyl sites for hydroxylation is 1. The van der Waals surface area contributed by atoms with Crippen LogP contribution in [-0.4, -0.2) is 40.7 Å². The van der Waals surface area contributed by atoms with Gasteiger partial charge < -0.3 is 14.7 Å². The largest absolute Gasteiger partial charge is 0.356 e. The molecule has 1 N–H and O–H groups in total.